The summed E-state index contributed by atoms with van der Waals surface area (Å²) in [4.78, 5) is 28.8. The van der Waals surface area contributed by atoms with Crippen molar-refractivity contribution in [2.24, 2.45) is 5.92 Å². The van der Waals surface area contributed by atoms with Crippen LogP contribution in [0.2, 0.25) is 0 Å². The summed E-state index contributed by atoms with van der Waals surface area (Å²) in [7, 11) is 1.63. The molecule has 0 bridgehead atoms. The van der Waals surface area contributed by atoms with Crippen LogP contribution in [0.15, 0.2) is 52.4 Å². The molecule has 0 saturated heterocycles. The van der Waals surface area contributed by atoms with Gasteiger partial charge in [-0.3, -0.25) is 9.59 Å². The first-order valence-electron chi connectivity index (χ1n) is 11.8. The lowest BCUT2D eigenvalue weighted by atomic mass is 9.88. The van der Waals surface area contributed by atoms with E-state index in [4.69, 9.17) is 9.26 Å². The fraction of sp³-hybridized carbons (Fsp3) is 0.423. The number of hydrogen-bond acceptors (Lipinski definition) is 6. The fourth-order valence-electron chi connectivity index (χ4n) is 4.30. The Morgan fingerprint density at radius 3 is 2.65 bits per heavy atom. The van der Waals surface area contributed by atoms with Gasteiger partial charge in [-0.1, -0.05) is 42.6 Å². The molecule has 2 heterocycles. The lowest BCUT2D eigenvalue weighted by Gasteiger charge is -2.28. The van der Waals surface area contributed by atoms with Crippen molar-refractivity contribution in [1.82, 2.24) is 15.4 Å². The van der Waals surface area contributed by atoms with Crippen molar-refractivity contribution in [3.05, 3.63) is 69.7 Å². The number of carbonyl (C=O) groups excluding carboxylic acids is 2. The molecule has 0 atom stereocenters. The summed E-state index contributed by atoms with van der Waals surface area (Å²) < 4.78 is 10.6. The Labute approximate surface area is 204 Å². The van der Waals surface area contributed by atoms with Gasteiger partial charge in [-0.2, -0.15) is 0 Å². The van der Waals surface area contributed by atoms with Crippen molar-refractivity contribution in [2.75, 3.05) is 13.7 Å². The van der Waals surface area contributed by atoms with Crippen LogP contribution in [0.25, 0.3) is 0 Å². The van der Waals surface area contributed by atoms with E-state index in [9.17, 15) is 9.59 Å². The van der Waals surface area contributed by atoms with Gasteiger partial charge in [0.1, 0.15) is 5.75 Å². The second-order valence-electron chi connectivity index (χ2n) is 8.64. The molecule has 1 N–H and O–H groups in total. The number of hydrogen-bond donors (Lipinski definition) is 1. The number of nitrogens with one attached hydrogen (secondary N) is 1. The number of nitrogens with zero attached hydrogens (tertiary/aromatic N) is 2. The van der Waals surface area contributed by atoms with E-state index in [0.717, 1.165) is 41.9 Å². The summed E-state index contributed by atoms with van der Waals surface area (Å²) in [6.45, 7) is 1.33. The Balaban J connectivity index is 1.34. The van der Waals surface area contributed by atoms with Crippen molar-refractivity contribution in [2.45, 2.75) is 51.6 Å². The molecule has 1 aliphatic carbocycles. The maximum absolute atomic E-state index is 13.3. The average molecular weight is 482 g/mol. The molecular weight excluding hydrogens is 450 g/mol. The van der Waals surface area contributed by atoms with Gasteiger partial charge >= 0.3 is 0 Å². The maximum Gasteiger partial charge on any atom is 0.273 e. The Hall–Kier alpha value is -3.13. The zero-order valence-corrected chi connectivity index (χ0v) is 20.3. The number of benzene rings is 1. The quantitative estimate of drug-likeness (QED) is 0.449. The third kappa shape index (κ3) is 6.47. The summed E-state index contributed by atoms with van der Waals surface area (Å²) in [5.74, 6) is 1.26. The number of rotatable bonds is 10. The summed E-state index contributed by atoms with van der Waals surface area (Å²) >= 11 is 1.63. The van der Waals surface area contributed by atoms with E-state index in [2.05, 4.69) is 10.5 Å². The summed E-state index contributed by atoms with van der Waals surface area (Å²) in [6.07, 6.45) is 5.99. The van der Waals surface area contributed by atoms with Gasteiger partial charge in [0.05, 0.1) is 20.2 Å². The highest BCUT2D eigenvalue weighted by atomic mass is 32.1. The van der Waals surface area contributed by atoms with Crippen LogP contribution in [-0.2, 0) is 24.3 Å². The van der Waals surface area contributed by atoms with Gasteiger partial charge in [0.15, 0.2) is 11.5 Å². The Morgan fingerprint density at radius 1 is 1.15 bits per heavy atom. The Kier molecular flexibility index (Phi) is 8.36. The topological polar surface area (TPSA) is 84.7 Å². The van der Waals surface area contributed by atoms with E-state index in [0.29, 0.717) is 31.8 Å². The highest BCUT2D eigenvalue weighted by Gasteiger charge is 2.27. The molecule has 1 fully saturated rings. The molecule has 0 spiro atoms. The first-order valence-corrected chi connectivity index (χ1v) is 12.7. The van der Waals surface area contributed by atoms with Crippen LogP contribution < -0.4 is 10.1 Å². The molecule has 2 aromatic heterocycles. The molecule has 1 aliphatic rings. The van der Waals surface area contributed by atoms with Gasteiger partial charge in [0.2, 0.25) is 5.91 Å². The molecule has 8 heteroatoms. The van der Waals surface area contributed by atoms with Crippen LogP contribution in [0.4, 0.5) is 0 Å². The van der Waals surface area contributed by atoms with Gasteiger partial charge in [0.25, 0.3) is 5.91 Å². The van der Waals surface area contributed by atoms with Gasteiger partial charge < -0.3 is 19.5 Å². The minimum Gasteiger partial charge on any atom is -0.497 e. The molecule has 34 heavy (non-hydrogen) atoms. The molecule has 1 saturated carbocycles. The van der Waals surface area contributed by atoms with Gasteiger partial charge in [-0.25, -0.2) is 0 Å². The summed E-state index contributed by atoms with van der Waals surface area (Å²) in [6, 6.07) is 13.4. The average Bonchev–Trinajstić information content (AvgIpc) is 3.56. The van der Waals surface area contributed by atoms with Crippen molar-refractivity contribution in [1.29, 1.82) is 0 Å². The molecule has 4 rings (SSSR count). The lowest BCUT2D eigenvalue weighted by molar-refractivity contribution is -0.138. The lowest BCUT2D eigenvalue weighted by Crippen LogP contribution is -2.36. The second-order valence-corrected chi connectivity index (χ2v) is 9.67. The van der Waals surface area contributed by atoms with E-state index in [1.165, 1.54) is 6.42 Å². The highest BCUT2D eigenvalue weighted by Crippen LogP contribution is 2.27. The SMILES string of the molecule is COc1ccc(CCNC(=O)c2cc(CN(Cc3cccs3)C(=O)C3CCCCC3)on2)cc1. The van der Waals surface area contributed by atoms with Crippen molar-refractivity contribution in [3.8, 4) is 5.75 Å². The molecule has 1 aromatic carbocycles. The highest BCUT2D eigenvalue weighted by molar-refractivity contribution is 7.09. The second kappa shape index (κ2) is 11.8. The van der Waals surface area contributed by atoms with E-state index >= 15 is 0 Å². The van der Waals surface area contributed by atoms with E-state index in [1.807, 2.05) is 46.7 Å². The van der Waals surface area contributed by atoms with Crippen LogP contribution in [-0.4, -0.2) is 35.5 Å². The number of amides is 2. The molecule has 3 aromatic rings. The van der Waals surface area contributed by atoms with Crippen LogP contribution in [0.5, 0.6) is 5.75 Å². The number of carbonyl (C=O) groups is 2. The maximum atomic E-state index is 13.3. The standard InChI is InChI=1S/C26H31N3O4S/c1-32-21-11-9-19(10-12-21)13-14-27-25(30)24-16-22(33-28-24)17-29(18-23-8-5-15-34-23)26(31)20-6-3-2-4-7-20/h5,8-12,15-16,20H,2-4,6-7,13-14,17-18H2,1H3,(H,27,30). The smallest absolute Gasteiger partial charge is 0.273 e. The van der Waals surface area contributed by atoms with Crippen molar-refractivity contribution < 1.29 is 18.8 Å². The first-order chi connectivity index (χ1) is 16.6. The van der Waals surface area contributed by atoms with Crippen LogP contribution in [0.3, 0.4) is 0 Å². The predicted octanol–water partition coefficient (Wildman–Crippen LogP) is 4.83. The Bertz CT molecular complexity index is 1060. The van der Waals surface area contributed by atoms with E-state index < -0.39 is 0 Å². The third-order valence-corrected chi connectivity index (χ3v) is 7.05. The molecule has 0 aliphatic heterocycles. The first kappa shape index (κ1) is 24.0. The van der Waals surface area contributed by atoms with Gasteiger partial charge in [-0.05, 0) is 48.4 Å². The number of methoxy groups -OCH3 is 1. The molecule has 180 valence electrons. The van der Waals surface area contributed by atoms with Gasteiger partial charge in [0, 0.05) is 23.4 Å². The van der Waals surface area contributed by atoms with E-state index in [1.54, 1.807) is 24.5 Å². The molecule has 0 radical (unpaired) electrons. The van der Waals surface area contributed by atoms with Crippen LogP contribution >= 0.6 is 11.3 Å². The molecule has 0 unspecified atom stereocenters. The number of ether oxygens (including phenoxy) is 1. The summed E-state index contributed by atoms with van der Waals surface area (Å²) in [5.41, 5.74) is 1.33. The van der Waals surface area contributed by atoms with Crippen LogP contribution in [0.1, 0.15) is 58.8 Å². The Morgan fingerprint density at radius 2 is 1.94 bits per heavy atom. The van der Waals surface area contributed by atoms with E-state index in [-0.39, 0.29) is 23.4 Å². The zero-order chi connectivity index (χ0) is 23.8. The monoisotopic (exact) mass is 481 g/mol. The van der Waals surface area contributed by atoms with Crippen molar-refractivity contribution >= 4 is 23.2 Å². The summed E-state index contributed by atoms with van der Waals surface area (Å²) in [5, 5.41) is 8.84. The molecular formula is C26H31N3O4S. The fourth-order valence-corrected chi connectivity index (χ4v) is 5.02. The minimum atomic E-state index is -0.285. The largest absolute Gasteiger partial charge is 0.497 e. The third-order valence-electron chi connectivity index (χ3n) is 6.19. The normalized spacial score (nSPS) is 14.0. The number of aromatic nitrogens is 1. The van der Waals surface area contributed by atoms with Gasteiger partial charge in [-0.15, -0.1) is 11.3 Å². The molecule has 2 amide bonds. The molecule has 7 nitrogen and oxygen atoms in total. The van der Waals surface area contributed by atoms with Crippen LogP contribution in [0, 0.1) is 5.92 Å². The zero-order valence-electron chi connectivity index (χ0n) is 19.5. The van der Waals surface area contributed by atoms with Crippen molar-refractivity contribution in [3.63, 3.8) is 0 Å². The number of thiophene rings is 1. The minimum absolute atomic E-state index is 0.0670. The predicted molar refractivity (Wildman–Crippen MR) is 131 cm³/mol.